The van der Waals surface area contributed by atoms with E-state index in [2.05, 4.69) is 21.7 Å². The summed E-state index contributed by atoms with van der Waals surface area (Å²) in [5.74, 6) is -0.328. The number of carbonyl (C=O) groups excluding carboxylic acids is 2. The van der Waals surface area contributed by atoms with E-state index in [9.17, 15) is 9.59 Å². The number of hydrazine groups is 2. The van der Waals surface area contributed by atoms with Gasteiger partial charge in [-0.05, 0) is 49.9 Å². The Hall–Kier alpha value is -1.92. The summed E-state index contributed by atoms with van der Waals surface area (Å²) in [4.78, 5) is 24.4. The molecular weight excluding hydrogens is 328 g/mol. The third kappa shape index (κ3) is 5.54. The van der Waals surface area contributed by atoms with Crippen LogP contribution in [0.25, 0.3) is 0 Å². The summed E-state index contributed by atoms with van der Waals surface area (Å²) >= 11 is 0. The molecule has 0 unspecified atom stereocenters. The number of rotatable bonds is 6. The molecular formula is C20H30N4O2. The van der Waals surface area contributed by atoms with Crippen LogP contribution in [0, 0.1) is 0 Å². The summed E-state index contributed by atoms with van der Waals surface area (Å²) in [6.45, 7) is 0. The van der Waals surface area contributed by atoms with Crippen molar-refractivity contribution in [2.75, 3.05) is 0 Å². The lowest BCUT2D eigenvalue weighted by Crippen LogP contribution is -2.45. The largest absolute Gasteiger partial charge is 0.287 e. The Bertz CT molecular complexity index is 537. The van der Waals surface area contributed by atoms with E-state index in [1.54, 1.807) is 24.3 Å². The van der Waals surface area contributed by atoms with Crippen molar-refractivity contribution in [2.24, 2.45) is 0 Å². The van der Waals surface area contributed by atoms with Gasteiger partial charge in [-0.25, -0.2) is 10.9 Å². The predicted octanol–water partition coefficient (Wildman–Crippen LogP) is 2.82. The van der Waals surface area contributed by atoms with Gasteiger partial charge in [0.2, 0.25) is 0 Å². The number of benzene rings is 1. The molecule has 0 heterocycles. The van der Waals surface area contributed by atoms with Gasteiger partial charge in [-0.1, -0.05) is 38.5 Å². The zero-order valence-corrected chi connectivity index (χ0v) is 15.4. The van der Waals surface area contributed by atoms with E-state index in [-0.39, 0.29) is 11.8 Å². The lowest BCUT2D eigenvalue weighted by molar-refractivity contribution is 0.0908. The van der Waals surface area contributed by atoms with Crippen LogP contribution in [0.15, 0.2) is 24.3 Å². The molecule has 2 amide bonds. The molecule has 2 aliphatic carbocycles. The Morgan fingerprint density at radius 2 is 0.962 bits per heavy atom. The number of carbonyl (C=O) groups is 2. The third-order valence-corrected chi connectivity index (χ3v) is 5.40. The van der Waals surface area contributed by atoms with E-state index in [4.69, 9.17) is 0 Å². The van der Waals surface area contributed by atoms with E-state index in [1.807, 2.05) is 0 Å². The molecule has 1 aromatic carbocycles. The van der Waals surface area contributed by atoms with Crippen LogP contribution in [-0.4, -0.2) is 23.9 Å². The first-order valence-electron chi connectivity index (χ1n) is 9.94. The van der Waals surface area contributed by atoms with E-state index in [0.717, 1.165) is 25.7 Å². The van der Waals surface area contributed by atoms with Crippen LogP contribution >= 0.6 is 0 Å². The Morgan fingerprint density at radius 3 is 1.31 bits per heavy atom. The second kappa shape index (κ2) is 9.69. The van der Waals surface area contributed by atoms with Crippen molar-refractivity contribution in [3.8, 4) is 0 Å². The second-order valence-electron chi connectivity index (χ2n) is 7.44. The molecule has 0 radical (unpaired) electrons. The standard InChI is InChI=1S/C20H30N4O2/c25-19(23-21-17-7-3-1-4-8-17)15-11-13-16(14-12-15)20(26)24-22-18-9-5-2-6-10-18/h11-14,17-18,21-22H,1-10H2,(H,23,25)(H,24,26). The van der Waals surface area contributed by atoms with E-state index < -0.39 is 0 Å². The summed E-state index contributed by atoms with van der Waals surface area (Å²) in [7, 11) is 0. The first kappa shape index (κ1) is 18.9. The fraction of sp³-hybridized carbons (Fsp3) is 0.600. The van der Waals surface area contributed by atoms with E-state index >= 15 is 0 Å². The molecule has 1 aromatic rings. The number of amides is 2. The number of nitrogens with one attached hydrogen (secondary N) is 4. The average Bonchev–Trinajstić information content (AvgIpc) is 2.72. The van der Waals surface area contributed by atoms with Crippen molar-refractivity contribution < 1.29 is 9.59 Å². The fourth-order valence-electron chi connectivity index (χ4n) is 3.75. The monoisotopic (exact) mass is 358 g/mol. The smallest absolute Gasteiger partial charge is 0.265 e. The normalized spacial score (nSPS) is 19.1. The van der Waals surface area contributed by atoms with Crippen molar-refractivity contribution in [3.05, 3.63) is 35.4 Å². The molecule has 3 rings (SSSR count). The minimum absolute atomic E-state index is 0.164. The van der Waals surface area contributed by atoms with Gasteiger partial charge in [0.15, 0.2) is 0 Å². The van der Waals surface area contributed by atoms with E-state index in [0.29, 0.717) is 23.2 Å². The van der Waals surface area contributed by atoms with Crippen molar-refractivity contribution in [1.29, 1.82) is 0 Å². The molecule has 142 valence electrons. The van der Waals surface area contributed by atoms with Crippen LogP contribution in [0.2, 0.25) is 0 Å². The van der Waals surface area contributed by atoms with Crippen molar-refractivity contribution in [3.63, 3.8) is 0 Å². The maximum absolute atomic E-state index is 12.2. The Balaban J connectivity index is 1.44. The van der Waals surface area contributed by atoms with Crippen LogP contribution in [0.5, 0.6) is 0 Å². The topological polar surface area (TPSA) is 82.3 Å². The molecule has 2 fully saturated rings. The quantitative estimate of drug-likeness (QED) is 0.590. The van der Waals surface area contributed by atoms with Gasteiger partial charge in [0.1, 0.15) is 0 Å². The molecule has 6 nitrogen and oxygen atoms in total. The van der Waals surface area contributed by atoms with Crippen LogP contribution in [0.1, 0.15) is 84.9 Å². The highest BCUT2D eigenvalue weighted by Gasteiger charge is 2.16. The lowest BCUT2D eigenvalue weighted by Gasteiger charge is -2.23. The molecule has 4 N–H and O–H groups in total. The maximum atomic E-state index is 12.2. The minimum Gasteiger partial charge on any atom is -0.287 e. The summed E-state index contributed by atoms with van der Waals surface area (Å²) in [6, 6.07) is 7.48. The van der Waals surface area contributed by atoms with Crippen LogP contribution in [0.4, 0.5) is 0 Å². The Morgan fingerprint density at radius 1 is 0.615 bits per heavy atom. The first-order chi connectivity index (χ1) is 12.7. The number of hydrogen-bond donors (Lipinski definition) is 4. The van der Waals surface area contributed by atoms with Gasteiger partial charge in [0.05, 0.1) is 0 Å². The van der Waals surface area contributed by atoms with Crippen molar-refractivity contribution >= 4 is 11.8 Å². The van der Waals surface area contributed by atoms with Crippen molar-refractivity contribution in [2.45, 2.75) is 76.3 Å². The molecule has 0 atom stereocenters. The zero-order chi connectivity index (χ0) is 18.2. The van der Waals surface area contributed by atoms with Crippen LogP contribution in [0.3, 0.4) is 0 Å². The Kier molecular flexibility index (Phi) is 7.03. The highest BCUT2D eigenvalue weighted by Crippen LogP contribution is 2.17. The first-order valence-corrected chi connectivity index (χ1v) is 9.94. The third-order valence-electron chi connectivity index (χ3n) is 5.40. The summed E-state index contributed by atoms with van der Waals surface area (Å²) in [5.41, 5.74) is 12.9. The molecule has 2 saturated carbocycles. The molecule has 26 heavy (non-hydrogen) atoms. The van der Waals surface area contributed by atoms with Gasteiger partial charge in [0, 0.05) is 23.2 Å². The van der Waals surface area contributed by atoms with Gasteiger partial charge in [-0.15, -0.1) is 0 Å². The molecule has 0 saturated heterocycles. The molecule has 0 spiro atoms. The van der Waals surface area contributed by atoms with Crippen LogP contribution < -0.4 is 21.7 Å². The van der Waals surface area contributed by atoms with Gasteiger partial charge in [-0.3, -0.25) is 20.4 Å². The van der Waals surface area contributed by atoms with Crippen molar-refractivity contribution in [1.82, 2.24) is 21.7 Å². The SMILES string of the molecule is O=C(NNC1CCCCC1)c1ccc(C(=O)NNC2CCCCC2)cc1. The van der Waals surface area contributed by atoms with Gasteiger partial charge < -0.3 is 0 Å². The molecule has 0 aliphatic heterocycles. The van der Waals surface area contributed by atoms with Crippen LogP contribution in [-0.2, 0) is 0 Å². The Labute approximate surface area is 155 Å². The average molecular weight is 358 g/mol. The predicted molar refractivity (Wildman–Crippen MR) is 101 cm³/mol. The summed E-state index contributed by atoms with van der Waals surface area (Å²) in [6.07, 6.45) is 11.8. The molecule has 2 aliphatic rings. The summed E-state index contributed by atoms with van der Waals surface area (Å²) < 4.78 is 0. The zero-order valence-electron chi connectivity index (χ0n) is 15.4. The van der Waals surface area contributed by atoms with Gasteiger partial charge >= 0.3 is 0 Å². The number of hydrogen-bond acceptors (Lipinski definition) is 4. The highest BCUT2D eigenvalue weighted by molar-refractivity contribution is 5.97. The molecule has 6 heteroatoms. The fourth-order valence-corrected chi connectivity index (χ4v) is 3.75. The van der Waals surface area contributed by atoms with Gasteiger partial charge in [0.25, 0.3) is 11.8 Å². The second-order valence-corrected chi connectivity index (χ2v) is 7.44. The molecule has 0 aromatic heterocycles. The maximum Gasteiger partial charge on any atom is 0.265 e. The summed E-state index contributed by atoms with van der Waals surface area (Å²) in [5, 5.41) is 0. The minimum atomic E-state index is -0.164. The van der Waals surface area contributed by atoms with Gasteiger partial charge in [-0.2, -0.15) is 0 Å². The lowest BCUT2D eigenvalue weighted by atomic mass is 9.96. The van der Waals surface area contributed by atoms with E-state index in [1.165, 1.54) is 38.5 Å². The highest BCUT2D eigenvalue weighted by atomic mass is 16.2. The molecule has 0 bridgehead atoms.